The van der Waals surface area contributed by atoms with Gasteiger partial charge in [0.05, 0.1) is 14.2 Å². The molecule has 1 aliphatic heterocycles. The van der Waals surface area contributed by atoms with E-state index in [0.717, 1.165) is 31.7 Å². The molecule has 1 aliphatic rings. The normalized spacial score (nSPS) is 16.7. The Hall–Kier alpha value is -1.56. The van der Waals surface area contributed by atoms with E-state index in [1.165, 1.54) is 0 Å². The number of nitrogens with zero attached hydrogens (tertiary/aromatic N) is 3. The van der Waals surface area contributed by atoms with Gasteiger partial charge >= 0.3 is 0 Å². The summed E-state index contributed by atoms with van der Waals surface area (Å²) in [4.78, 5) is 2.15. The van der Waals surface area contributed by atoms with Gasteiger partial charge in [0.15, 0.2) is 11.6 Å². The number of ether oxygens (including phenoxy) is 2. The molecule has 1 N–H and O–H groups in total. The van der Waals surface area contributed by atoms with Gasteiger partial charge in [0, 0.05) is 25.8 Å². The van der Waals surface area contributed by atoms with Gasteiger partial charge in [-0.3, -0.25) is 0 Å². The molecule has 100 valence electrons. The molecule has 0 radical (unpaired) electrons. The summed E-state index contributed by atoms with van der Waals surface area (Å²) in [5.74, 6) is 2.19. The smallest absolute Gasteiger partial charge is 0.276 e. The average molecular weight is 253 g/mol. The van der Waals surface area contributed by atoms with E-state index in [1.54, 1.807) is 14.2 Å². The van der Waals surface area contributed by atoms with E-state index in [2.05, 4.69) is 15.1 Å². The van der Waals surface area contributed by atoms with Crippen LogP contribution in [0.4, 0.5) is 5.82 Å². The first kappa shape index (κ1) is 12.9. The maximum Gasteiger partial charge on any atom is 0.276 e. The number of aliphatic hydroxyl groups is 1. The number of rotatable bonds is 4. The van der Waals surface area contributed by atoms with E-state index in [-0.39, 0.29) is 6.61 Å². The minimum Gasteiger partial charge on any atom is -0.491 e. The van der Waals surface area contributed by atoms with Gasteiger partial charge in [0.2, 0.25) is 0 Å². The molecule has 0 aliphatic carbocycles. The lowest BCUT2D eigenvalue weighted by atomic mass is 9.98. The fourth-order valence-corrected chi connectivity index (χ4v) is 2.14. The van der Waals surface area contributed by atoms with E-state index in [9.17, 15) is 0 Å². The summed E-state index contributed by atoms with van der Waals surface area (Å²) in [5, 5.41) is 17.3. The third kappa shape index (κ3) is 2.64. The lowest BCUT2D eigenvalue weighted by Gasteiger charge is -2.31. The number of anilines is 1. The standard InChI is InChI=1S/C12H19N3O3/c1-17-10-7-11(13-14-12(10)18-2)15-5-3-9(8-16)4-6-15/h7,9,16H,3-6,8H2,1-2H3. The first-order valence-electron chi connectivity index (χ1n) is 6.10. The molecule has 0 unspecified atom stereocenters. The van der Waals surface area contributed by atoms with Gasteiger partial charge in [-0.05, 0) is 18.8 Å². The minimum atomic E-state index is 0.269. The third-order valence-corrected chi connectivity index (χ3v) is 3.32. The van der Waals surface area contributed by atoms with E-state index >= 15 is 0 Å². The Morgan fingerprint density at radius 1 is 1.28 bits per heavy atom. The molecule has 0 saturated carbocycles. The quantitative estimate of drug-likeness (QED) is 0.852. The second-order valence-electron chi connectivity index (χ2n) is 4.39. The highest BCUT2D eigenvalue weighted by Crippen LogP contribution is 2.28. The van der Waals surface area contributed by atoms with Crippen molar-refractivity contribution in [2.45, 2.75) is 12.8 Å². The van der Waals surface area contributed by atoms with Crippen LogP contribution in [0.3, 0.4) is 0 Å². The molecule has 18 heavy (non-hydrogen) atoms. The molecular formula is C12H19N3O3. The monoisotopic (exact) mass is 253 g/mol. The molecule has 0 bridgehead atoms. The van der Waals surface area contributed by atoms with Gasteiger partial charge in [0.1, 0.15) is 0 Å². The Morgan fingerprint density at radius 2 is 2.00 bits per heavy atom. The van der Waals surface area contributed by atoms with Crippen molar-refractivity contribution in [2.24, 2.45) is 5.92 Å². The summed E-state index contributed by atoms with van der Waals surface area (Å²) in [7, 11) is 3.13. The van der Waals surface area contributed by atoms with Crippen molar-refractivity contribution in [3.63, 3.8) is 0 Å². The lowest BCUT2D eigenvalue weighted by molar-refractivity contribution is 0.202. The van der Waals surface area contributed by atoms with Crippen LogP contribution in [0.5, 0.6) is 11.6 Å². The fraction of sp³-hybridized carbons (Fsp3) is 0.667. The van der Waals surface area contributed by atoms with Crippen LogP contribution in [-0.2, 0) is 0 Å². The predicted molar refractivity (Wildman–Crippen MR) is 67.2 cm³/mol. The van der Waals surface area contributed by atoms with Crippen molar-refractivity contribution in [3.8, 4) is 11.6 Å². The number of aromatic nitrogens is 2. The molecule has 1 aromatic rings. The Labute approximate surface area is 107 Å². The van der Waals surface area contributed by atoms with E-state index in [0.29, 0.717) is 17.5 Å². The molecule has 1 saturated heterocycles. The third-order valence-electron chi connectivity index (χ3n) is 3.32. The highest BCUT2D eigenvalue weighted by atomic mass is 16.5. The van der Waals surface area contributed by atoms with Gasteiger partial charge in [-0.2, -0.15) is 0 Å². The van der Waals surface area contributed by atoms with Crippen LogP contribution in [0.1, 0.15) is 12.8 Å². The largest absolute Gasteiger partial charge is 0.491 e. The SMILES string of the molecule is COc1cc(N2CCC(CO)CC2)nnc1OC. The Balaban J connectivity index is 2.09. The van der Waals surface area contributed by atoms with Gasteiger partial charge in [-0.25, -0.2) is 0 Å². The van der Waals surface area contributed by atoms with Crippen LogP contribution < -0.4 is 14.4 Å². The minimum absolute atomic E-state index is 0.269. The summed E-state index contributed by atoms with van der Waals surface area (Å²) in [6.07, 6.45) is 1.96. The van der Waals surface area contributed by atoms with Crippen LogP contribution >= 0.6 is 0 Å². The van der Waals surface area contributed by atoms with Gasteiger partial charge < -0.3 is 19.5 Å². The molecule has 1 fully saturated rings. The summed E-state index contributed by atoms with van der Waals surface area (Å²) >= 11 is 0. The van der Waals surface area contributed by atoms with Crippen LogP contribution in [0, 0.1) is 5.92 Å². The maximum absolute atomic E-state index is 9.12. The van der Waals surface area contributed by atoms with Crippen molar-refractivity contribution in [3.05, 3.63) is 6.07 Å². The average Bonchev–Trinajstić information content (AvgIpc) is 2.46. The van der Waals surface area contributed by atoms with Crippen LogP contribution in [0.2, 0.25) is 0 Å². The van der Waals surface area contributed by atoms with E-state index < -0.39 is 0 Å². The fourth-order valence-electron chi connectivity index (χ4n) is 2.14. The van der Waals surface area contributed by atoms with Crippen molar-refractivity contribution >= 4 is 5.82 Å². The highest BCUT2D eigenvalue weighted by molar-refractivity contribution is 5.47. The number of aliphatic hydroxyl groups excluding tert-OH is 1. The predicted octanol–water partition coefficient (Wildman–Crippen LogP) is 0.702. The molecule has 0 amide bonds. The molecule has 1 aromatic heterocycles. The van der Waals surface area contributed by atoms with Gasteiger partial charge in [0.25, 0.3) is 5.88 Å². The summed E-state index contributed by atoms with van der Waals surface area (Å²) in [5.41, 5.74) is 0. The summed E-state index contributed by atoms with van der Waals surface area (Å²) < 4.78 is 10.3. The number of methoxy groups -OCH3 is 2. The number of piperidine rings is 1. The molecule has 0 atom stereocenters. The molecular weight excluding hydrogens is 234 g/mol. The zero-order valence-corrected chi connectivity index (χ0v) is 10.8. The van der Waals surface area contributed by atoms with Crippen molar-refractivity contribution in [1.29, 1.82) is 0 Å². The molecule has 0 spiro atoms. The zero-order valence-electron chi connectivity index (χ0n) is 10.8. The van der Waals surface area contributed by atoms with Crippen LogP contribution in [0.25, 0.3) is 0 Å². The molecule has 0 aromatic carbocycles. The van der Waals surface area contributed by atoms with Crippen molar-refractivity contribution in [1.82, 2.24) is 10.2 Å². The number of hydrogen-bond donors (Lipinski definition) is 1. The first-order chi connectivity index (χ1) is 8.78. The number of hydrogen-bond acceptors (Lipinski definition) is 6. The van der Waals surface area contributed by atoms with Crippen LogP contribution in [-0.4, -0.2) is 49.2 Å². The Morgan fingerprint density at radius 3 is 2.56 bits per heavy atom. The lowest BCUT2D eigenvalue weighted by Crippen LogP contribution is -2.35. The van der Waals surface area contributed by atoms with Gasteiger partial charge in [-0.1, -0.05) is 0 Å². The topological polar surface area (TPSA) is 67.7 Å². The van der Waals surface area contributed by atoms with Crippen molar-refractivity contribution in [2.75, 3.05) is 38.8 Å². The van der Waals surface area contributed by atoms with Crippen LogP contribution in [0.15, 0.2) is 6.07 Å². The summed E-state index contributed by atoms with van der Waals surface area (Å²) in [6, 6.07) is 1.84. The summed E-state index contributed by atoms with van der Waals surface area (Å²) in [6.45, 7) is 2.04. The molecule has 2 rings (SSSR count). The second kappa shape index (κ2) is 5.86. The molecule has 6 heteroatoms. The maximum atomic E-state index is 9.12. The van der Waals surface area contributed by atoms with E-state index in [1.807, 2.05) is 6.07 Å². The molecule has 2 heterocycles. The zero-order chi connectivity index (χ0) is 13.0. The Kier molecular flexibility index (Phi) is 4.19. The second-order valence-corrected chi connectivity index (χ2v) is 4.39. The highest BCUT2D eigenvalue weighted by Gasteiger charge is 2.21. The first-order valence-corrected chi connectivity index (χ1v) is 6.10. The van der Waals surface area contributed by atoms with Crippen molar-refractivity contribution < 1.29 is 14.6 Å². The van der Waals surface area contributed by atoms with E-state index in [4.69, 9.17) is 14.6 Å². The molecule has 6 nitrogen and oxygen atoms in total. The van der Waals surface area contributed by atoms with Gasteiger partial charge in [-0.15, -0.1) is 10.2 Å². The Bertz CT molecular complexity index is 392.